The largest absolute Gasteiger partial charge is 0.507 e. The van der Waals surface area contributed by atoms with Gasteiger partial charge in [-0.3, -0.25) is 10.4 Å². The molecule has 1 atom stereocenters. The molecule has 2 aromatic rings. The molecule has 1 aromatic heterocycles. The topological polar surface area (TPSA) is 96.1 Å². The molecule has 1 aliphatic rings. The zero-order valence-corrected chi connectivity index (χ0v) is 21.1. The number of aromatic nitrogens is 1. The maximum absolute atomic E-state index is 10.6. The average molecular weight is 450 g/mol. The number of nitrogens with zero attached hydrogens (tertiary/aromatic N) is 2. The molecule has 0 amide bonds. The third-order valence-corrected chi connectivity index (χ3v) is 6.65. The molecule has 6 nitrogen and oxygen atoms in total. The molecule has 0 aliphatic carbocycles. The molecule has 0 saturated carbocycles. The number of pyridine rings is 1. The van der Waals surface area contributed by atoms with Crippen LogP contribution in [0.5, 0.6) is 5.75 Å². The Hall–Kier alpha value is -2.73. The number of hydrogen-bond donors (Lipinski definition) is 4. The van der Waals surface area contributed by atoms with Gasteiger partial charge in [0.1, 0.15) is 11.6 Å². The van der Waals surface area contributed by atoms with E-state index in [9.17, 15) is 5.11 Å². The Bertz CT molecular complexity index is 1070. The van der Waals surface area contributed by atoms with Crippen molar-refractivity contribution in [3.63, 3.8) is 0 Å². The van der Waals surface area contributed by atoms with E-state index in [0.29, 0.717) is 17.3 Å². The van der Waals surface area contributed by atoms with Gasteiger partial charge in [0.15, 0.2) is 0 Å². The second-order valence-electron chi connectivity index (χ2n) is 11.2. The smallest absolute Gasteiger partial charge is 0.125 e. The fourth-order valence-corrected chi connectivity index (χ4v) is 4.49. The summed E-state index contributed by atoms with van der Waals surface area (Å²) in [6.45, 7) is 14.1. The third-order valence-electron chi connectivity index (χ3n) is 6.65. The summed E-state index contributed by atoms with van der Waals surface area (Å²) in [6, 6.07) is 5.70. The molecule has 1 aromatic carbocycles. The molecule has 1 aliphatic heterocycles. The van der Waals surface area contributed by atoms with E-state index in [1.54, 1.807) is 30.5 Å². The predicted molar refractivity (Wildman–Crippen MR) is 138 cm³/mol. The lowest BCUT2D eigenvalue weighted by molar-refractivity contribution is 0.237. The Morgan fingerprint density at radius 2 is 1.82 bits per heavy atom. The van der Waals surface area contributed by atoms with Gasteiger partial charge in [-0.2, -0.15) is 0 Å². The van der Waals surface area contributed by atoms with E-state index in [-0.39, 0.29) is 28.5 Å². The second kappa shape index (κ2) is 9.26. The van der Waals surface area contributed by atoms with Crippen LogP contribution in [0.2, 0.25) is 0 Å². The molecule has 6 heteroatoms. The van der Waals surface area contributed by atoms with Crippen molar-refractivity contribution in [3.05, 3.63) is 47.8 Å². The van der Waals surface area contributed by atoms with Crippen LogP contribution >= 0.6 is 0 Å². The highest BCUT2D eigenvalue weighted by Gasteiger charge is 2.36. The Kier molecular flexibility index (Phi) is 6.99. The van der Waals surface area contributed by atoms with Crippen molar-refractivity contribution in [3.8, 4) is 5.75 Å². The fourth-order valence-electron chi connectivity index (χ4n) is 4.49. The van der Waals surface area contributed by atoms with Crippen LogP contribution in [0.4, 0.5) is 0 Å². The molecule has 33 heavy (non-hydrogen) atoms. The van der Waals surface area contributed by atoms with Gasteiger partial charge in [-0.25, -0.2) is 0 Å². The highest BCUT2D eigenvalue weighted by molar-refractivity contribution is 6.12. The lowest BCUT2D eigenvalue weighted by Gasteiger charge is -2.35. The number of phenols is 1. The molecular weight excluding hydrogens is 410 g/mol. The van der Waals surface area contributed by atoms with Crippen LogP contribution in [0, 0.1) is 16.2 Å². The van der Waals surface area contributed by atoms with E-state index in [2.05, 4.69) is 51.8 Å². The first kappa shape index (κ1) is 24.9. The van der Waals surface area contributed by atoms with E-state index >= 15 is 0 Å². The van der Waals surface area contributed by atoms with Crippen LogP contribution < -0.4 is 5.32 Å². The molecule has 1 unspecified atom stereocenters. The third kappa shape index (κ3) is 5.99. The van der Waals surface area contributed by atoms with Crippen LogP contribution in [0.15, 0.2) is 36.5 Å². The van der Waals surface area contributed by atoms with Crippen LogP contribution in [0.1, 0.15) is 71.6 Å². The minimum Gasteiger partial charge on any atom is -0.507 e. The summed E-state index contributed by atoms with van der Waals surface area (Å²) >= 11 is 0. The number of hydrogen-bond acceptors (Lipinski definition) is 5. The number of fused-ring (bicyclic) bond motifs is 1. The zero-order valence-electron chi connectivity index (χ0n) is 21.1. The summed E-state index contributed by atoms with van der Waals surface area (Å²) in [4.78, 5) is 6.51. The summed E-state index contributed by atoms with van der Waals surface area (Å²) in [7, 11) is 1.96. The van der Waals surface area contributed by atoms with Crippen molar-refractivity contribution >= 4 is 22.3 Å². The number of nitrogens with one attached hydrogen (secondary N) is 3. The number of amidine groups is 1. The van der Waals surface area contributed by atoms with Crippen molar-refractivity contribution in [2.24, 2.45) is 5.41 Å². The Balaban J connectivity index is 1.77. The van der Waals surface area contributed by atoms with Gasteiger partial charge in [0, 0.05) is 48.0 Å². The minimum absolute atomic E-state index is 0.00372. The number of benzene rings is 1. The van der Waals surface area contributed by atoms with Gasteiger partial charge in [0.25, 0.3) is 0 Å². The van der Waals surface area contributed by atoms with Crippen molar-refractivity contribution in [1.29, 1.82) is 10.8 Å². The molecule has 0 bridgehead atoms. The lowest BCUT2D eigenvalue weighted by Crippen LogP contribution is -2.44. The van der Waals surface area contributed by atoms with Crippen LogP contribution in [-0.2, 0) is 0 Å². The quantitative estimate of drug-likeness (QED) is 0.360. The number of allylic oxidation sites excluding steroid dienone is 1. The lowest BCUT2D eigenvalue weighted by atomic mass is 9.84. The number of likely N-dealkylation sites (N-methyl/N-ethyl adjacent to an activating group) is 1. The van der Waals surface area contributed by atoms with E-state index < -0.39 is 0 Å². The second-order valence-corrected chi connectivity index (χ2v) is 11.2. The number of rotatable bonds is 5. The Morgan fingerprint density at radius 1 is 1.12 bits per heavy atom. The van der Waals surface area contributed by atoms with E-state index in [4.69, 9.17) is 10.8 Å². The van der Waals surface area contributed by atoms with Gasteiger partial charge >= 0.3 is 0 Å². The monoisotopic (exact) mass is 449 g/mol. The van der Waals surface area contributed by atoms with Crippen LogP contribution in [-0.4, -0.2) is 51.7 Å². The summed E-state index contributed by atoms with van der Waals surface area (Å²) in [5, 5.41) is 33.1. The van der Waals surface area contributed by atoms with Gasteiger partial charge in [0.05, 0.1) is 5.71 Å². The molecule has 0 radical (unpaired) electrons. The summed E-state index contributed by atoms with van der Waals surface area (Å²) in [6.07, 6.45) is 6.98. The number of aromatic hydroxyl groups is 1. The zero-order chi connectivity index (χ0) is 24.6. The molecule has 1 saturated heterocycles. The van der Waals surface area contributed by atoms with Gasteiger partial charge < -0.3 is 20.7 Å². The molecule has 4 N–H and O–H groups in total. The van der Waals surface area contributed by atoms with E-state index in [0.717, 1.165) is 35.9 Å². The molecule has 178 valence electrons. The first-order valence-electron chi connectivity index (χ1n) is 11.7. The Morgan fingerprint density at radius 3 is 2.48 bits per heavy atom. The highest BCUT2D eigenvalue weighted by Crippen LogP contribution is 2.32. The Labute approximate surface area is 198 Å². The average Bonchev–Trinajstić information content (AvgIpc) is 2.84. The predicted octanol–water partition coefficient (Wildman–Crippen LogP) is 5.45. The number of phenolic OH excluding ortho intramolecular Hbond substituents is 1. The van der Waals surface area contributed by atoms with E-state index in [1.165, 1.54) is 0 Å². The van der Waals surface area contributed by atoms with Gasteiger partial charge in [-0.15, -0.1) is 0 Å². The summed E-state index contributed by atoms with van der Waals surface area (Å²) < 4.78 is 0. The maximum atomic E-state index is 10.6. The molecule has 2 heterocycles. The van der Waals surface area contributed by atoms with Crippen LogP contribution in [0.3, 0.4) is 0 Å². The molecular formula is C27H39N5O. The highest BCUT2D eigenvalue weighted by atomic mass is 16.3. The molecule has 1 fully saturated rings. The maximum Gasteiger partial charge on any atom is 0.125 e. The first-order valence-corrected chi connectivity index (χ1v) is 11.7. The van der Waals surface area contributed by atoms with Gasteiger partial charge in [-0.05, 0) is 73.8 Å². The van der Waals surface area contributed by atoms with Gasteiger partial charge in [-0.1, -0.05) is 27.7 Å². The fraction of sp³-hybridized carbons (Fsp3) is 0.519. The SMILES string of the molecule is CC(C)c1cc2cc(O)c(C(=N)/C=C\C(=N)N(C)C3CC(C)(C)CNC(C)(C)C3)cc2cn1. The minimum atomic E-state index is 0.00372. The van der Waals surface area contributed by atoms with Crippen molar-refractivity contribution in [1.82, 2.24) is 15.2 Å². The normalized spacial score (nSPS) is 20.2. The van der Waals surface area contributed by atoms with Gasteiger partial charge in [0.2, 0.25) is 0 Å². The molecule has 3 rings (SSSR count). The molecule has 0 spiro atoms. The standard InChI is InChI=1S/C27H39N5O/c1-17(2)23-11-18-12-24(33)21(10-19(18)15-30-23)22(28)8-9-25(29)32(7)20-13-26(3,4)16-31-27(5,6)14-20/h8-12,15,17,20,28-29,31,33H,13-14,16H2,1-7H3/b9-8-,28-22?,29-25?. The summed E-state index contributed by atoms with van der Waals surface area (Å²) in [5.41, 5.74) is 1.73. The first-order chi connectivity index (χ1) is 15.3. The van der Waals surface area contributed by atoms with Crippen molar-refractivity contribution < 1.29 is 5.11 Å². The van der Waals surface area contributed by atoms with E-state index in [1.807, 2.05) is 18.0 Å². The van der Waals surface area contributed by atoms with Crippen molar-refractivity contribution in [2.75, 3.05) is 13.6 Å². The van der Waals surface area contributed by atoms with Crippen molar-refractivity contribution in [2.45, 2.75) is 71.9 Å². The summed E-state index contributed by atoms with van der Waals surface area (Å²) in [5.74, 6) is 0.735. The van der Waals surface area contributed by atoms with Crippen LogP contribution in [0.25, 0.3) is 10.8 Å².